The third kappa shape index (κ3) is 1.57. The number of allylic oxidation sites excluding steroid dienone is 2. The van der Waals surface area contributed by atoms with Crippen molar-refractivity contribution in [2.45, 2.75) is 32.6 Å². The van der Waals surface area contributed by atoms with Crippen molar-refractivity contribution in [3.05, 3.63) is 19.1 Å². The predicted octanol–water partition coefficient (Wildman–Crippen LogP) is 2.83. The molecule has 0 bridgehead atoms. The van der Waals surface area contributed by atoms with Gasteiger partial charge in [0, 0.05) is 0 Å². The van der Waals surface area contributed by atoms with Crippen LogP contribution < -0.4 is 0 Å². The summed E-state index contributed by atoms with van der Waals surface area (Å²) in [6, 6.07) is 0. The molecule has 9 heavy (non-hydrogen) atoms. The van der Waals surface area contributed by atoms with Crippen molar-refractivity contribution >= 4 is 0 Å². The number of hydrogen-bond acceptors (Lipinski definition) is 0. The van der Waals surface area contributed by atoms with Crippen molar-refractivity contribution in [1.29, 1.82) is 0 Å². The molecule has 1 atom stereocenters. The van der Waals surface area contributed by atoms with Gasteiger partial charge in [0.2, 0.25) is 0 Å². The van der Waals surface area contributed by atoms with Gasteiger partial charge in [-0.05, 0) is 38.0 Å². The predicted molar refractivity (Wildman–Crippen MR) is 40.0 cm³/mol. The molecular formula is C9H14. The Balaban J connectivity index is 2.50. The molecule has 0 aromatic carbocycles. The number of rotatable bonds is 1. The third-order valence-electron chi connectivity index (χ3n) is 2.18. The minimum absolute atomic E-state index is 0.411. The standard InChI is InChI=1S/C9H14/c1-3-9(2)7-5-4-6-8-9/h1,4-5H,3,6-8H2,2H3. The molecule has 0 spiro atoms. The van der Waals surface area contributed by atoms with E-state index < -0.39 is 0 Å². The highest BCUT2D eigenvalue weighted by molar-refractivity contribution is 4.95. The summed E-state index contributed by atoms with van der Waals surface area (Å²) in [7, 11) is 0. The SMILES string of the molecule is [CH]CC1(C)CC=CCC1. The van der Waals surface area contributed by atoms with Gasteiger partial charge in [0.15, 0.2) is 0 Å². The van der Waals surface area contributed by atoms with Crippen LogP contribution in [-0.4, -0.2) is 0 Å². The van der Waals surface area contributed by atoms with Crippen LogP contribution >= 0.6 is 0 Å². The zero-order valence-electron chi connectivity index (χ0n) is 6.06. The maximum Gasteiger partial charge on any atom is -0.0286 e. The van der Waals surface area contributed by atoms with Gasteiger partial charge in [0.25, 0.3) is 0 Å². The van der Waals surface area contributed by atoms with Crippen LogP contribution in [0.15, 0.2) is 12.2 Å². The summed E-state index contributed by atoms with van der Waals surface area (Å²) >= 11 is 0. The molecule has 0 heteroatoms. The van der Waals surface area contributed by atoms with Crippen LogP contribution in [0.1, 0.15) is 32.6 Å². The molecular weight excluding hydrogens is 108 g/mol. The second-order valence-electron chi connectivity index (χ2n) is 3.23. The van der Waals surface area contributed by atoms with Gasteiger partial charge in [0.1, 0.15) is 0 Å². The Morgan fingerprint density at radius 3 is 2.67 bits per heavy atom. The van der Waals surface area contributed by atoms with Gasteiger partial charge in [-0.3, -0.25) is 0 Å². The van der Waals surface area contributed by atoms with Crippen molar-refractivity contribution < 1.29 is 0 Å². The van der Waals surface area contributed by atoms with Gasteiger partial charge in [-0.25, -0.2) is 0 Å². The fraction of sp³-hybridized carbons (Fsp3) is 0.667. The lowest BCUT2D eigenvalue weighted by Gasteiger charge is -2.28. The summed E-state index contributed by atoms with van der Waals surface area (Å²) in [4.78, 5) is 0. The molecule has 1 rings (SSSR count). The van der Waals surface area contributed by atoms with Crippen molar-refractivity contribution in [1.82, 2.24) is 0 Å². The molecule has 0 amide bonds. The minimum atomic E-state index is 0.411. The zero-order valence-corrected chi connectivity index (χ0v) is 6.06. The molecule has 0 nitrogen and oxygen atoms in total. The van der Waals surface area contributed by atoms with E-state index in [0.29, 0.717) is 5.41 Å². The van der Waals surface area contributed by atoms with Gasteiger partial charge in [-0.1, -0.05) is 19.1 Å². The van der Waals surface area contributed by atoms with E-state index in [9.17, 15) is 0 Å². The van der Waals surface area contributed by atoms with Crippen molar-refractivity contribution in [2.75, 3.05) is 0 Å². The minimum Gasteiger partial charge on any atom is -0.0885 e. The van der Waals surface area contributed by atoms with E-state index in [1.807, 2.05) is 0 Å². The Labute approximate surface area is 58.0 Å². The van der Waals surface area contributed by atoms with Gasteiger partial charge in [0.05, 0.1) is 0 Å². The zero-order chi connectivity index (χ0) is 6.74. The van der Waals surface area contributed by atoms with Crippen LogP contribution in [0.3, 0.4) is 0 Å². The molecule has 0 heterocycles. The second kappa shape index (κ2) is 2.55. The molecule has 2 radical (unpaired) electrons. The fourth-order valence-electron chi connectivity index (χ4n) is 1.20. The average Bonchev–Trinajstić information content (AvgIpc) is 1.90. The average molecular weight is 122 g/mol. The monoisotopic (exact) mass is 122 g/mol. The lowest BCUT2D eigenvalue weighted by Crippen LogP contribution is -2.15. The highest BCUT2D eigenvalue weighted by Crippen LogP contribution is 2.34. The van der Waals surface area contributed by atoms with Crippen LogP contribution in [-0.2, 0) is 0 Å². The first kappa shape index (κ1) is 6.85. The van der Waals surface area contributed by atoms with Gasteiger partial charge >= 0.3 is 0 Å². The maximum atomic E-state index is 5.60. The lowest BCUT2D eigenvalue weighted by atomic mass is 9.77. The third-order valence-corrected chi connectivity index (χ3v) is 2.18. The van der Waals surface area contributed by atoms with Crippen LogP contribution in [0.5, 0.6) is 0 Å². The summed E-state index contributed by atoms with van der Waals surface area (Å²) in [5.74, 6) is 0. The quantitative estimate of drug-likeness (QED) is 0.469. The Hall–Kier alpha value is -0.260. The van der Waals surface area contributed by atoms with Gasteiger partial charge in [-0.2, -0.15) is 0 Å². The van der Waals surface area contributed by atoms with E-state index in [4.69, 9.17) is 6.92 Å². The highest BCUT2D eigenvalue weighted by Gasteiger charge is 2.21. The molecule has 0 N–H and O–H groups in total. The second-order valence-corrected chi connectivity index (χ2v) is 3.23. The van der Waals surface area contributed by atoms with E-state index in [2.05, 4.69) is 19.1 Å². The first-order valence-electron chi connectivity index (χ1n) is 3.62. The molecule has 1 unspecified atom stereocenters. The maximum absolute atomic E-state index is 5.60. The van der Waals surface area contributed by atoms with Gasteiger partial charge in [-0.15, -0.1) is 0 Å². The van der Waals surface area contributed by atoms with Crippen LogP contribution in [0.25, 0.3) is 0 Å². The summed E-state index contributed by atoms with van der Waals surface area (Å²) < 4.78 is 0. The fourth-order valence-corrected chi connectivity index (χ4v) is 1.20. The summed E-state index contributed by atoms with van der Waals surface area (Å²) in [6.07, 6.45) is 8.97. The normalized spacial score (nSPS) is 34.9. The smallest absolute Gasteiger partial charge is 0.0286 e. The lowest BCUT2D eigenvalue weighted by molar-refractivity contribution is 0.295. The Kier molecular flexibility index (Phi) is 1.94. The highest BCUT2D eigenvalue weighted by atomic mass is 14.3. The Morgan fingerprint density at radius 1 is 1.56 bits per heavy atom. The molecule has 0 aromatic heterocycles. The number of hydrogen-bond donors (Lipinski definition) is 0. The van der Waals surface area contributed by atoms with E-state index in [1.165, 1.54) is 19.3 Å². The Bertz CT molecular complexity index is 113. The largest absolute Gasteiger partial charge is 0.0885 e. The first-order valence-corrected chi connectivity index (χ1v) is 3.62. The molecule has 0 saturated heterocycles. The molecule has 1 aliphatic carbocycles. The topological polar surface area (TPSA) is 0 Å². The summed E-state index contributed by atoms with van der Waals surface area (Å²) in [6.45, 7) is 7.86. The summed E-state index contributed by atoms with van der Waals surface area (Å²) in [5, 5.41) is 0. The molecule has 0 saturated carbocycles. The van der Waals surface area contributed by atoms with Crippen LogP contribution in [0, 0.1) is 12.3 Å². The molecule has 50 valence electrons. The molecule has 0 fully saturated rings. The molecule has 0 aromatic rings. The van der Waals surface area contributed by atoms with Crippen LogP contribution in [0.4, 0.5) is 0 Å². The van der Waals surface area contributed by atoms with E-state index in [0.717, 1.165) is 6.42 Å². The van der Waals surface area contributed by atoms with Crippen molar-refractivity contribution in [3.8, 4) is 0 Å². The first-order chi connectivity index (χ1) is 4.27. The van der Waals surface area contributed by atoms with E-state index in [-0.39, 0.29) is 0 Å². The summed E-state index contributed by atoms with van der Waals surface area (Å²) in [5.41, 5.74) is 0.411. The van der Waals surface area contributed by atoms with Crippen molar-refractivity contribution in [2.24, 2.45) is 5.41 Å². The molecule has 1 aliphatic rings. The van der Waals surface area contributed by atoms with Crippen molar-refractivity contribution in [3.63, 3.8) is 0 Å². The van der Waals surface area contributed by atoms with E-state index in [1.54, 1.807) is 0 Å². The Morgan fingerprint density at radius 2 is 2.33 bits per heavy atom. The van der Waals surface area contributed by atoms with Gasteiger partial charge < -0.3 is 0 Å². The molecule has 0 aliphatic heterocycles. The van der Waals surface area contributed by atoms with Crippen LogP contribution in [0.2, 0.25) is 0 Å². The van der Waals surface area contributed by atoms with E-state index >= 15 is 0 Å².